The maximum absolute atomic E-state index is 13.1. The summed E-state index contributed by atoms with van der Waals surface area (Å²) in [7, 11) is 0. The monoisotopic (exact) mass is 506 g/mol. The van der Waals surface area contributed by atoms with Crippen LogP contribution >= 0.6 is 11.6 Å². The SMILES string of the molecule is Cc1cc(OC(=O)c2cc3cc(Cl)ccc3o2)cc2c1C(=O)/C(=C/c1ccc(-c3ccccc3)cc1)O2. The Morgan fingerprint density at radius 3 is 2.43 bits per heavy atom. The number of carbonyl (C=O) groups excluding carboxylic acids is 2. The van der Waals surface area contributed by atoms with E-state index in [0.717, 1.165) is 16.7 Å². The van der Waals surface area contributed by atoms with Crippen molar-refractivity contribution in [3.63, 3.8) is 0 Å². The van der Waals surface area contributed by atoms with Gasteiger partial charge in [0.25, 0.3) is 0 Å². The summed E-state index contributed by atoms with van der Waals surface area (Å²) in [5.74, 6) is -0.0237. The largest absolute Gasteiger partial charge is 0.452 e. The third kappa shape index (κ3) is 4.41. The van der Waals surface area contributed by atoms with Gasteiger partial charge in [0.1, 0.15) is 17.1 Å². The number of hydrogen-bond acceptors (Lipinski definition) is 5. The Labute approximate surface area is 217 Å². The van der Waals surface area contributed by atoms with Gasteiger partial charge >= 0.3 is 5.97 Å². The highest BCUT2D eigenvalue weighted by atomic mass is 35.5. The third-order valence-electron chi connectivity index (χ3n) is 6.15. The second kappa shape index (κ2) is 9.12. The van der Waals surface area contributed by atoms with Crippen LogP contribution in [0.15, 0.2) is 101 Å². The molecule has 1 aromatic heterocycles. The van der Waals surface area contributed by atoms with Crippen molar-refractivity contribution in [3.8, 4) is 22.6 Å². The van der Waals surface area contributed by atoms with E-state index in [1.165, 1.54) is 6.07 Å². The summed E-state index contributed by atoms with van der Waals surface area (Å²) in [6.07, 6.45) is 1.71. The molecule has 1 aliphatic heterocycles. The zero-order valence-electron chi connectivity index (χ0n) is 19.7. The first-order valence-electron chi connectivity index (χ1n) is 11.6. The molecule has 4 aromatic carbocycles. The molecule has 0 amide bonds. The summed E-state index contributed by atoms with van der Waals surface area (Å²) in [5, 5.41) is 1.24. The molecule has 180 valence electrons. The summed E-state index contributed by atoms with van der Waals surface area (Å²) in [6, 6.07) is 27.8. The van der Waals surface area contributed by atoms with Crippen LogP contribution in [-0.2, 0) is 0 Å². The molecule has 2 heterocycles. The number of ether oxygens (including phenoxy) is 2. The predicted molar refractivity (Wildman–Crippen MR) is 142 cm³/mol. The molecule has 0 saturated heterocycles. The molecular formula is C31H19ClO5. The number of rotatable bonds is 4. The molecular weight excluding hydrogens is 488 g/mol. The fourth-order valence-corrected chi connectivity index (χ4v) is 4.54. The van der Waals surface area contributed by atoms with Crippen LogP contribution in [0.25, 0.3) is 28.2 Å². The first-order valence-corrected chi connectivity index (χ1v) is 12.0. The first kappa shape index (κ1) is 22.8. The van der Waals surface area contributed by atoms with E-state index < -0.39 is 5.97 Å². The molecule has 0 unspecified atom stereocenters. The summed E-state index contributed by atoms with van der Waals surface area (Å²) in [4.78, 5) is 25.8. The van der Waals surface area contributed by atoms with Crippen molar-refractivity contribution in [2.45, 2.75) is 6.92 Å². The minimum atomic E-state index is -0.662. The fraction of sp³-hybridized carbons (Fsp3) is 0.0323. The topological polar surface area (TPSA) is 65.7 Å². The molecule has 5 nitrogen and oxygen atoms in total. The average Bonchev–Trinajstić information content (AvgIpc) is 3.46. The van der Waals surface area contributed by atoms with Crippen LogP contribution in [0.4, 0.5) is 0 Å². The minimum Gasteiger partial charge on any atom is -0.452 e. The number of halogens is 1. The number of Topliss-reactive ketones (excluding diaryl/α,β-unsaturated/α-hetero) is 1. The van der Waals surface area contributed by atoms with Gasteiger partial charge in [-0.15, -0.1) is 0 Å². The van der Waals surface area contributed by atoms with Gasteiger partial charge in [-0.05, 0) is 65.6 Å². The lowest BCUT2D eigenvalue weighted by Gasteiger charge is -2.06. The maximum atomic E-state index is 13.1. The van der Waals surface area contributed by atoms with Crippen molar-refractivity contribution in [1.29, 1.82) is 0 Å². The van der Waals surface area contributed by atoms with Gasteiger partial charge in [-0.3, -0.25) is 4.79 Å². The first-order chi connectivity index (χ1) is 17.9. The van der Waals surface area contributed by atoms with Crippen molar-refractivity contribution in [2.75, 3.05) is 0 Å². The molecule has 1 aliphatic rings. The fourth-order valence-electron chi connectivity index (χ4n) is 4.36. The number of benzene rings is 4. The van der Waals surface area contributed by atoms with Gasteiger partial charge in [-0.25, -0.2) is 4.79 Å². The van der Waals surface area contributed by atoms with Gasteiger partial charge < -0.3 is 13.9 Å². The number of aryl methyl sites for hydroxylation is 1. The van der Waals surface area contributed by atoms with Gasteiger partial charge in [0.2, 0.25) is 11.5 Å². The number of allylic oxidation sites excluding steroid dienone is 1. The highest BCUT2D eigenvalue weighted by Gasteiger charge is 2.30. The second-order valence-corrected chi connectivity index (χ2v) is 9.16. The maximum Gasteiger partial charge on any atom is 0.379 e. The lowest BCUT2D eigenvalue weighted by atomic mass is 10.0. The van der Waals surface area contributed by atoms with Crippen LogP contribution in [0.5, 0.6) is 11.5 Å². The molecule has 0 saturated carbocycles. The van der Waals surface area contributed by atoms with E-state index in [9.17, 15) is 9.59 Å². The average molecular weight is 507 g/mol. The summed E-state index contributed by atoms with van der Waals surface area (Å²) in [6.45, 7) is 1.78. The van der Waals surface area contributed by atoms with E-state index >= 15 is 0 Å². The smallest absolute Gasteiger partial charge is 0.379 e. The number of furan rings is 1. The van der Waals surface area contributed by atoms with E-state index in [0.29, 0.717) is 32.9 Å². The normalized spacial score (nSPS) is 13.6. The van der Waals surface area contributed by atoms with Crippen molar-refractivity contribution >= 4 is 40.4 Å². The van der Waals surface area contributed by atoms with E-state index in [1.54, 1.807) is 43.3 Å². The second-order valence-electron chi connectivity index (χ2n) is 8.72. The Hall–Kier alpha value is -4.61. The molecule has 37 heavy (non-hydrogen) atoms. The molecule has 0 fully saturated rings. The third-order valence-corrected chi connectivity index (χ3v) is 6.38. The number of hydrogen-bond donors (Lipinski definition) is 0. The van der Waals surface area contributed by atoms with Crippen molar-refractivity contribution < 1.29 is 23.5 Å². The van der Waals surface area contributed by atoms with Crippen molar-refractivity contribution in [2.24, 2.45) is 0 Å². The highest BCUT2D eigenvalue weighted by molar-refractivity contribution is 6.31. The lowest BCUT2D eigenvalue weighted by Crippen LogP contribution is -2.07. The Morgan fingerprint density at radius 1 is 0.892 bits per heavy atom. The zero-order valence-corrected chi connectivity index (χ0v) is 20.4. The van der Waals surface area contributed by atoms with Gasteiger partial charge in [0.05, 0.1) is 5.56 Å². The molecule has 6 rings (SSSR count). The van der Waals surface area contributed by atoms with Gasteiger partial charge in [0.15, 0.2) is 5.76 Å². The van der Waals surface area contributed by atoms with Crippen LogP contribution in [0.2, 0.25) is 5.02 Å². The van der Waals surface area contributed by atoms with E-state index in [-0.39, 0.29) is 23.1 Å². The Bertz CT molecular complexity index is 1710. The molecule has 0 radical (unpaired) electrons. The van der Waals surface area contributed by atoms with Crippen LogP contribution in [0.1, 0.15) is 32.0 Å². The molecule has 0 spiro atoms. The van der Waals surface area contributed by atoms with Crippen molar-refractivity contribution in [3.05, 3.63) is 124 Å². The highest BCUT2D eigenvalue weighted by Crippen LogP contribution is 2.38. The molecule has 0 aliphatic carbocycles. The summed E-state index contributed by atoms with van der Waals surface area (Å²) < 4.78 is 17.0. The Kier molecular flexibility index (Phi) is 5.63. The molecule has 0 bridgehead atoms. The van der Waals surface area contributed by atoms with Crippen LogP contribution in [0.3, 0.4) is 0 Å². The standard InChI is InChI=1S/C31H19ClO5/c1-18-13-24(35-31(34)28-16-22-15-23(32)11-12-25(22)36-28)17-26-29(18)30(33)27(37-26)14-19-7-9-21(10-8-19)20-5-3-2-4-6-20/h2-17H,1H3/b27-14-. The molecule has 0 N–H and O–H groups in total. The van der Waals surface area contributed by atoms with Crippen LogP contribution < -0.4 is 9.47 Å². The number of ketones is 1. The van der Waals surface area contributed by atoms with Gasteiger partial charge in [0, 0.05) is 16.5 Å². The van der Waals surface area contributed by atoms with E-state index in [4.69, 9.17) is 25.5 Å². The van der Waals surface area contributed by atoms with Gasteiger partial charge in [-0.1, -0.05) is 66.2 Å². The molecule has 6 heteroatoms. The van der Waals surface area contributed by atoms with E-state index in [2.05, 4.69) is 0 Å². The number of fused-ring (bicyclic) bond motifs is 2. The number of esters is 1. The lowest BCUT2D eigenvalue weighted by molar-refractivity contribution is 0.0703. The summed E-state index contributed by atoms with van der Waals surface area (Å²) in [5.41, 5.74) is 4.66. The zero-order chi connectivity index (χ0) is 25.5. The van der Waals surface area contributed by atoms with E-state index in [1.807, 2.05) is 54.6 Å². The van der Waals surface area contributed by atoms with Crippen LogP contribution in [0, 0.1) is 6.92 Å². The molecule has 5 aromatic rings. The predicted octanol–water partition coefficient (Wildman–Crippen LogP) is 7.90. The Morgan fingerprint density at radius 2 is 1.65 bits per heavy atom. The van der Waals surface area contributed by atoms with Crippen molar-refractivity contribution in [1.82, 2.24) is 0 Å². The minimum absolute atomic E-state index is 0.0481. The summed E-state index contributed by atoms with van der Waals surface area (Å²) >= 11 is 6.01. The van der Waals surface area contributed by atoms with Gasteiger partial charge in [-0.2, -0.15) is 0 Å². The quantitative estimate of drug-likeness (QED) is 0.141. The molecule has 0 atom stereocenters. The number of carbonyl (C=O) groups is 2. The Balaban J connectivity index is 1.23. The van der Waals surface area contributed by atoms with Crippen LogP contribution in [-0.4, -0.2) is 11.8 Å².